The molecule has 0 unspecified atom stereocenters. The molecule has 0 fully saturated rings. The number of pyridine rings is 1. The number of hydrogen-bond donors (Lipinski definition) is 2. The van der Waals surface area contributed by atoms with Crippen molar-refractivity contribution in [1.82, 2.24) is 9.97 Å². The van der Waals surface area contributed by atoms with Gasteiger partial charge >= 0.3 is 5.97 Å². The highest BCUT2D eigenvalue weighted by Gasteiger charge is 2.14. The first-order valence-electron chi connectivity index (χ1n) is 4.98. The van der Waals surface area contributed by atoms with E-state index in [1.165, 1.54) is 11.3 Å². The molecule has 0 aliphatic heterocycles. The lowest BCUT2D eigenvalue weighted by atomic mass is 10.1. The largest absolute Gasteiger partial charge is 0.478 e. The Morgan fingerprint density at radius 2 is 2.35 bits per heavy atom. The minimum Gasteiger partial charge on any atom is -0.478 e. The fourth-order valence-electron chi connectivity index (χ4n) is 1.46. The van der Waals surface area contributed by atoms with Crippen molar-refractivity contribution in [1.29, 1.82) is 0 Å². The quantitative estimate of drug-likeness (QED) is 0.868. The molecule has 0 atom stereocenters. The van der Waals surface area contributed by atoms with Gasteiger partial charge in [-0.1, -0.05) is 0 Å². The molecule has 0 bridgehead atoms. The molecule has 88 valence electrons. The predicted molar refractivity (Wildman–Crippen MR) is 65.4 cm³/mol. The van der Waals surface area contributed by atoms with Crippen LogP contribution in [0.1, 0.15) is 21.6 Å². The van der Waals surface area contributed by atoms with Crippen molar-refractivity contribution in [2.75, 3.05) is 5.32 Å². The van der Waals surface area contributed by atoms with Crippen molar-refractivity contribution < 1.29 is 9.90 Å². The summed E-state index contributed by atoms with van der Waals surface area (Å²) in [6.45, 7) is 2.22. The van der Waals surface area contributed by atoms with Crippen LogP contribution in [0, 0.1) is 6.92 Å². The molecule has 0 saturated carbocycles. The second kappa shape index (κ2) is 4.92. The molecule has 6 heteroatoms. The van der Waals surface area contributed by atoms with E-state index < -0.39 is 5.97 Å². The third-order valence-corrected chi connectivity index (χ3v) is 2.93. The molecular formula is C11H11N3O2S. The van der Waals surface area contributed by atoms with Crippen LogP contribution < -0.4 is 5.32 Å². The summed E-state index contributed by atoms with van der Waals surface area (Å²) in [5, 5.41) is 14.0. The van der Waals surface area contributed by atoms with E-state index in [2.05, 4.69) is 15.3 Å². The van der Waals surface area contributed by atoms with E-state index in [9.17, 15) is 4.79 Å². The number of nitrogens with zero attached hydrogens (tertiary/aromatic N) is 2. The molecule has 0 aliphatic carbocycles. The molecule has 0 aliphatic rings. The first-order valence-corrected chi connectivity index (χ1v) is 5.92. The van der Waals surface area contributed by atoms with Crippen LogP contribution in [0.25, 0.3) is 0 Å². The number of carboxylic acid groups (broad SMARTS) is 1. The summed E-state index contributed by atoms with van der Waals surface area (Å²) >= 11 is 1.50. The van der Waals surface area contributed by atoms with Gasteiger partial charge in [0.2, 0.25) is 0 Å². The van der Waals surface area contributed by atoms with Crippen molar-refractivity contribution in [2.45, 2.75) is 13.5 Å². The lowest BCUT2D eigenvalue weighted by Gasteiger charge is -2.09. The van der Waals surface area contributed by atoms with Gasteiger partial charge in [-0.2, -0.15) is 0 Å². The summed E-state index contributed by atoms with van der Waals surface area (Å²) in [6.07, 6.45) is 1.59. The molecule has 2 N–H and O–H groups in total. The molecular weight excluding hydrogens is 238 g/mol. The Bertz CT molecular complexity index is 526. The van der Waals surface area contributed by atoms with Crippen LogP contribution in [0.5, 0.6) is 0 Å². The monoisotopic (exact) mass is 249 g/mol. The molecule has 2 aromatic heterocycles. The number of nitrogens with one attached hydrogen (secondary N) is 1. The van der Waals surface area contributed by atoms with Crippen molar-refractivity contribution >= 4 is 23.1 Å². The highest BCUT2D eigenvalue weighted by molar-refractivity contribution is 7.07. The topological polar surface area (TPSA) is 75.1 Å². The van der Waals surface area contributed by atoms with E-state index in [0.717, 1.165) is 5.69 Å². The molecule has 5 nitrogen and oxygen atoms in total. The Morgan fingerprint density at radius 1 is 1.53 bits per heavy atom. The third kappa shape index (κ3) is 2.59. The smallest absolute Gasteiger partial charge is 0.339 e. The molecule has 2 heterocycles. The van der Waals surface area contributed by atoms with Crippen molar-refractivity contribution in [3.63, 3.8) is 0 Å². The van der Waals surface area contributed by atoms with Gasteiger partial charge in [0.25, 0.3) is 0 Å². The van der Waals surface area contributed by atoms with Crippen molar-refractivity contribution in [2.24, 2.45) is 0 Å². The van der Waals surface area contributed by atoms with Crippen LogP contribution in [0.2, 0.25) is 0 Å². The van der Waals surface area contributed by atoms with Gasteiger partial charge in [0.05, 0.1) is 17.7 Å². The minimum absolute atomic E-state index is 0.211. The van der Waals surface area contributed by atoms with Gasteiger partial charge in [-0.3, -0.25) is 0 Å². The van der Waals surface area contributed by atoms with Gasteiger partial charge in [-0.15, -0.1) is 11.3 Å². The second-order valence-corrected chi connectivity index (χ2v) is 4.21. The van der Waals surface area contributed by atoms with Gasteiger partial charge in [-0.25, -0.2) is 14.8 Å². The number of anilines is 1. The summed E-state index contributed by atoms with van der Waals surface area (Å²) in [5.74, 6) is -0.595. The summed E-state index contributed by atoms with van der Waals surface area (Å²) in [4.78, 5) is 19.3. The fourth-order valence-corrected chi connectivity index (χ4v) is 2.02. The lowest BCUT2D eigenvalue weighted by Crippen LogP contribution is -2.10. The average molecular weight is 249 g/mol. The second-order valence-electron chi connectivity index (χ2n) is 3.49. The van der Waals surface area contributed by atoms with Crippen molar-refractivity contribution in [3.8, 4) is 0 Å². The van der Waals surface area contributed by atoms with Gasteiger partial charge in [-0.05, 0) is 18.6 Å². The Hall–Kier alpha value is -1.95. The molecule has 0 saturated heterocycles. The highest BCUT2D eigenvalue weighted by Crippen LogP contribution is 2.17. The zero-order valence-corrected chi connectivity index (χ0v) is 9.99. The maximum atomic E-state index is 11.1. The first kappa shape index (κ1) is 11.5. The van der Waals surface area contributed by atoms with Crippen LogP contribution in [0.15, 0.2) is 23.2 Å². The number of carboxylic acids is 1. The van der Waals surface area contributed by atoms with E-state index >= 15 is 0 Å². The van der Waals surface area contributed by atoms with Gasteiger partial charge in [0.15, 0.2) is 0 Å². The Balaban J connectivity index is 2.21. The van der Waals surface area contributed by atoms with Crippen LogP contribution in [0.3, 0.4) is 0 Å². The lowest BCUT2D eigenvalue weighted by molar-refractivity contribution is 0.0697. The summed E-state index contributed by atoms with van der Waals surface area (Å²) in [6, 6.07) is 1.68. The molecule has 2 rings (SSSR count). The Kier molecular flexibility index (Phi) is 3.34. The summed E-state index contributed by atoms with van der Waals surface area (Å²) < 4.78 is 0. The van der Waals surface area contributed by atoms with E-state index in [-0.39, 0.29) is 5.56 Å². The molecule has 0 aromatic carbocycles. The highest BCUT2D eigenvalue weighted by atomic mass is 32.1. The minimum atomic E-state index is -0.976. The number of aromatic carboxylic acids is 1. The summed E-state index contributed by atoms with van der Waals surface area (Å²) in [7, 11) is 0. The Labute approximate surface area is 102 Å². The average Bonchev–Trinajstić information content (AvgIpc) is 2.78. The summed E-state index contributed by atoms with van der Waals surface area (Å²) in [5.41, 5.74) is 3.50. The number of aromatic nitrogens is 2. The van der Waals surface area contributed by atoms with E-state index in [4.69, 9.17) is 5.11 Å². The molecule has 2 aromatic rings. The number of aryl methyl sites for hydroxylation is 1. The Morgan fingerprint density at radius 3 is 3.00 bits per heavy atom. The number of carbonyl (C=O) groups is 1. The van der Waals surface area contributed by atoms with E-state index in [1.54, 1.807) is 24.7 Å². The molecule has 0 amide bonds. The van der Waals surface area contributed by atoms with E-state index in [0.29, 0.717) is 17.9 Å². The number of rotatable bonds is 4. The van der Waals surface area contributed by atoms with Gasteiger partial charge in [0.1, 0.15) is 11.4 Å². The third-order valence-electron chi connectivity index (χ3n) is 2.29. The molecule has 0 spiro atoms. The zero-order valence-electron chi connectivity index (χ0n) is 9.17. The maximum Gasteiger partial charge on any atom is 0.339 e. The van der Waals surface area contributed by atoms with Crippen LogP contribution >= 0.6 is 11.3 Å². The maximum absolute atomic E-state index is 11.1. The SMILES string of the molecule is Cc1ccnc(NCc2cscn2)c1C(=O)O. The number of hydrogen-bond acceptors (Lipinski definition) is 5. The van der Waals surface area contributed by atoms with Crippen LogP contribution in [-0.4, -0.2) is 21.0 Å². The van der Waals surface area contributed by atoms with Crippen LogP contribution in [-0.2, 0) is 6.54 Å². The predicted octanol–water partition coefficient (Wildman–Crippen LogP) is 2.16. The van der Waals surface area contributed by atoms with E-state index in [1.807, 2.05) is 5.38 Å². The first-order chi connectivity index (χ1) is 8.18. The van der Waals surface area contributed by atoms with Crippen LogP contribution in [0.4, 0.5) is 5.82 Å². The molecule has 17 heavy (non-hydrogen) atoms. The van der Waals surface area contributed by atoms with Crippen molar-refractivity contribution in [3.05, 3.63) is 40.0 Å². The van der Waals surface area contributed by atoms with Gasteiger partial charge in [0, 0.05) is 11.6 Å². The number of thiazole rings is 1. The fraction of sp³-hybridized carbons (Fsp3) is 0.182. The standard InChI is InChI=1S/C11H11N3O2S/c1-7-2-3-12-10(9(7)11(15)16)13-4-8-5-17-6-14-8/h2-3,5-6H,4H2,1H3,(H,12,13)(H,15,16). The normalized spacial score (nSPS) is 10.2. The zero-order chi connectivity index (χ0) is 12.3. The van der Waals surface area contributed by atoms with Gasteiger partial charge < -0.3 is 10.4 Å². The molecule has 0 radical (unpaired) electrons.